The van der Waals surface area contributed by atoms with Crippen molar-refractivity contribution in [3.63, 3.8) is 0 Å². The lowest BCUT2D eigenvalue weighted by Gasteiger charge is -2.22. The SMILES string of the molecule is CC1(C)c2ccccc2-c2cc3c4ccccc4n(-c4cc(-c5cccc(C#N)c5)cc(-c5cc(-c6cccc(-c7ccccc7)c6)nc(-c6cccc(-c7ccccc7)c6)n5)c4)c3cc21. The van der Waals surface area contributed by atoms with Crippen LogP contribution in [0.5, 0.6) is 0 Å². The summed E-state index contributed by atoms with van der Waals surface area (Å²) in [5.41, 5.74) is 19.9. The molecule has 12 rings (SSSR count). The largest absolute Gasteiger partial charge is 0.309 e. The molecule has 0 amide bonds. The first-order valence-electron chi connectivity index (χ1n) is 22.4. The van der Waals surface area contributed by atoms with Crippen molar-refractivity contribution in [3.8, 4) is 90.2 Å². The van der Waals surface area contributed by atoms with E-state index >= 15 is 0 Å². The van der Waals surface area contributed by atoms with Gasteiger partial charge in [-0.25, -0.2) is 9.97 Å². The van der Waals surface area contributed by atoms with Gasteiger partial charge in [0.2, 0.25) is 0 Å². The van der Waals surface area contributed by atoms with Crippen LogP contribution in [0.2, 0.25) is 0 Å². The summed E-state index contributed by atoms with van der Waals surface area (Å²) in [6, 6.07) is 79.6. The van der Waals surface area contributed by atoms with Crippen molar-refractivity contribution in [1.29, 1.82) is 5.26 Å². The molecule has 11 aromatic rings. The Kier molecular flexibility index (Phi) is 9.19. The molecule has 1 aliphatic carbocycles. The summed E-state index contributed by atoms with van der Waals surface area (Å²) in [5.74, 6) is 0.637. The van der Waals surface area contributed by atoms with E-state index in [2.05, 4.69) is 213 Å². The van der Waals surface area contributed by atoms with Crippen molar-refractivity contribution in [2.24, 2.45) is 0 Å². The Labute approximate surface area is 384 Å². The summed E-state index contributed by atoms with van der Waals surface area (Å²) < 4.78 is 2.42. The van der Waals surface area contributed by atoms with Gasteiger partial charge < -0.3 is 4.57 Å². The standard InChI is InChI=1S/C62H42N4/c1-62(2)55-28-11-9-26-51(55)53-36-54-52-27-10-12-29-59(52)66(60(54)37-56(53)62)50-34-48(43-21-13-16-40(30-43)39-63)33-49(35-50)58-38-57(46-24-14-22-44(31-46)41-17-5-3-6-18-41)64-61(65-58)47-25-15-23-45(32-47)42-19-7-4-8-20-42/h3-38H,1-2H3. The molecule has 2 aromatic heterocycles. The number of rotatable bonds is 7. The predicted molar refractivity (Wildman–Crippen MR) is 271 cm³/mol. The summed E-state index contributed by atoms with van der Waals surface area (Å²) >= 11 is 0. The molecule has 4 nitrogen and oxygen atoms in total. The van der Waals surface area contributed by atoms with Crippen LogP contribution in [-0.4, -0.2) is 14.5 Å². The molecule has 2 heterocycles. The molecular formula is C62H42N4. The van der Waals surface area contributed by atoms with Gasteiger partial charge in [0.25, 0.3) is 0 Å². The maximum Gasteiger partial charge on any atom is 0.160 e. The molecule has 0 N–H and O–H groups in total. The molecule has 0 bridgehead atoms. The summed E-state index contributed by atoms with van der Waals surface area (Å²) in [4.78, 5) is 10.8. The molecule has 66 heavy (non-hydrogen) atoms. The van der Waals surface area contributed by atoms with Crippen LogP contribution < -0.4 is 0 Å². The van der Waals surface area contributed by atoms with E-state index in [4.69, 9.17) is 9.97 Å². The molecule has 9 aromatic carbocycles. The Balaban J connectivity index is 1.11. The molecular weight excluding hydrogens is 801 g/mol. The maximum atomic E-state index is 10.1. The van der Waals surface area contributed by atoms with Crippen LogP contribution in [0.4, 0.5) is 0 Å². The third-order valence-electron chi connectivity index (χ3n) is 13.4. The summed E-state index contributed by atoms with van der Waals surface area (Å²) in [5, 5.41) is 12.5. The highest BCUT2D eigenvalue weighted by Crippen LogP contribution is 2.51. The first-order chi connectivity index (χ1) is 32.4. The molecule has 0 radical (unpaired) electrons. The number of hydrogen-bond donors (Lipinski definition) is 0. The molecule has 1 aliphatic rings. The second kappa shape index (κ2) is 15.6. The highest BCUT2D eigenvalue weighted by Gasteiger charge is 2.36. The molecule has 0 saturated carbocycles. The Morgan fingerprint density at radius 2 is 0.955 bits per heavy atom. The predicted octanol–water partition coefficient (Wildman–Crippen LogP) is 15.8. The molecule has 4 heteroatoms. The lowest BCUT2D eigenvalue weighted by molar-refractivity contribution is 0.661. The first-order valence-corrected chi connectivity index (χ1v) is 22.4. The van der Waals surface area contributed by atoms with Gasteiger partial charge in [0, 0.05) is 38.6 Å². The topological polar surface area (TPSA) is 54.5 Å². The molecule has 0 aliphatic heterocycles. The highest BCUT2D eigenvalue weighted by molar-refractivity contribution is 6.12. The van der Waals surface area contributed by atoms with Gasteiger partial charge in [-0.2, -0.15) is 5.26 Å². The van der Waals surface area contributed by atoms with Crippen LogP contribution in [-0.2, 0) is 5.41 Å². The molecule has 0 atom stereocenters. The Morgan fingerprint density at radius 1 is 0.394 bits per heavy atom. The third-order valence-corrected chi connectivity index (χ3v) is 13.4. The Bertz CT molecular complexity index is 3640. The minimum atomic E-state index is -0.171. The van der Waals surface area contributed by atoms with Crippen molar-refractivity contribution in [2.45, 2.75) is 19.3 Å². The Hall–Kier alpha value is -8.65. The van der Waals surface area contributed by atoms with E-state index in [1.807, 2.05) is 30.3 Å². The number of fused-ring (bicyclic) bond motifs is 6. The quantitative estimate of drug-likeness (QED) is 0.161. The molecule has 310 valence electrons. The van der Waals surface area contributed by atoms with Crippen molar-refractivity contribution in [2.75, 3.05) is 0 Å². The van der Waals surface area contributed by atoms with Gasteiger partial charge in [0.15, 0.2) is 5.82 Å². The van der Waals surface area contributed by atoms with Crippen molar-refractivity contribution >= 4 is 21.8 Å². The number of para-hydroxylation sites is 1. The minimum Gasteiger partial charge on any atom is -0.309 e. The highest BCUT2D eigenvalue weighted by atomic mass is 15.0. The number of benzene rings is 9. The summed E-state index contributed by atoms with van der Waals surface area (Å²) in [6.45, 7) is 4.68. The van der Waals surface area contributed by atoms with Crippen molar-refractivity contribution < 1.29 is 0 Å². The van der Waals surface area contributed by atoms with E-state index in [9.17, 15) is 5.26 Å². The van der Waals surface area contributed by atoms with Crippen molar-refractivity contribution in [1.82, 2.24) is 14.5 Å². The van der Waals surface area contributed by atoms with Gasteiger partial charge in [0.05, 0.1) is 34.1 Å². The van der Waals surface area contributed by atoms with Crippen LogP contribution in [0.15, 0.2) is 218 Å². The third kappa shape index (κ3) is 6.60. The average Bonchev–Trinajstić information content (AvgIpc) is 3.83. The smallest absolute Gasteiger partial charge is 0.160 e. The van der Waals surface area contributed by atoms with Crippen LogP contribution in [0, 0.1) is 11.3 Å². The normalized spacial score (nSPS) is 12.5. The first kappa shape index (κ1) is 39.0. The van der Waals surface area contributed by atoms with E-state index in [1.165, 1.54) is 33.0 Å². The zero-order valence-corrected chi connectivity index (χ0v) is 36.6. The molecule has 0 spiro atoms. The second-order valence-corrected chi connectivity index (χ2v) is 17.8. The fourth-order valence-corrected chi connectivity index (χ4v) is 10.1. The maximum absolute atomic E-state index is 10.1. The second-order valence-electron chi connectivity index (χ2n) is 17.8. The van der Waals surface area contributed by atoms with E-state index in [0.717, 1.165) is 78.2 Å². The lowest BCUT2D eigenvalue weighted by atomic mass is 9.82. The van der Waals surface area contributed by atoms with E-state index in [1.54, 1.807) is 0 Å². The monoisotopic (exact) mass is 842 g/mol. The van der Waals surface area contributed by atoms with Gasteiger partial charge in [-0.15, -0.1) is 0 Å². The number of hydrogen-bond acceptors (Lipinski definition) is 3. The van der Waals surface area contributed by atoms with Crippen LogP contribution in [0.1, 0.15) is 30.5 Å². The zero-order chi connectivity index (χ0) is 44.4. The molecule has 0 unspecified atom stereocenters. The van der Waals surface area contributed by atoms with E-state index in [0.29, 0.717) is 11.4 Å². The van der Waals surface area contributed by atoms with Gasteiger partial charge in [-0.05, 0) is 122 Å². The number of nitrogens with zero attached hydrogens (tertiary/aromatic N) is 4. The fraction of sp³-hybridized carbons (Fsp3) is 0.0484. The van der Waals surface area contributed by atoms with Crippen LogP contribution in [0.3, 0.4) is 0 Å². The Morgan fingerprint density at radius 3 is 1.70 bits per heavy atom. The molecule has 0 saturated heterocycles. The van der Waals surface area contributed by atoms with Gasteiger partial charge in [0.1, 0.15) is 0 Å². The van der Waals surface area contributed by atoms with Gasteiger partial charge in [-0.1, -0.05) is 166 Å². The van der Waals surface area contributed by atoms with E-state index < -0.39 is 0 Å². The van der Waals surface area contributed by atoms with Crippen molar-refractivity contribution in [3.05, 3.63) is 235 Å². The average molecular weight is 843 g/mol. The molecule has 0 fully saturated rings. The number of nitriles is 1. The van der Waals surface area contributed by atoms with Crippen LogP contribution in [0.25, 0.3) is 106 Å². The number of aromatic nitrogens is 3. The van der Waals surface area contributed by atoms with Gasteiger partial charge in [-0.3, -0.25) is 0 Å². The lowest BCUT2D eigenvalue weighted by Crippen LogP contribution is -2.15. The summed E-state index contributed by atoms with van der Waals surface area (Å²) in [7, 11) is 0. The van der Waals surface area contributed by atoms with Gasteiger partial charge >= 0.3 is 0 Å². The van der Waals surface area contributed by atoms with E-state index in [-0.39, 0.29) is 5.41 Å². The zero-order valence-electron chi connectivity index (χ0n) is 36.6. The van der Waals surface area contributed by atoms with Crippen LogP contribution >= 0.6 is 0 Å². The summed E-state index contributed by atoms with van der Waals surface area (Å²) in [6.07, 6.45) is 0. The fourth-order valence-electron chi connectivity index (χ4n) is 10.1. The minimum absolute atomic E-state index is 0.171.